The maximum absolute atomic E-state index is 13.5. The van der Waals surface area contributed by atoms with Crippen LogP contribution in [-0.2, 0) is 35.1 Å². The molecule has 0 bridgehead atoms. The monoisotopic (exact) mass is 706 g/mol. The lowest BCUT2D eigenvalue weighted by atomic mass is 9.91. The first-order valence-electron chi connectivity index (χ1n) is 16.0. The average Bonchev–Trinajstić information content (AvgIpc) is 3.05. The van der Waals surface area contributed by atoms with Crippen molar-refractivity contribution in [2.45, 2.75) is 77.6 Å². The van der Waals surface area contributed by atoms with Crippen LogP contribution in [0.2, 0.25) is 5.02 Å². The number of carbonyl (C=O) groups is 4. The lowest BCUT2D eigenvalue weighted by Gasteiger charge is -2.31. The van der Waals surface area contributed by atoms with E-state index >= 15 is 0 Å². The van der Waals surface area contributed by atoms with Crippen LogP contribution in [0, 0.1) is 23.7 Å². The number of aliphatic hydroxyl groups is 1. The normalized spacial score (nSPS) is 15.9. The minimum atomic E-state index is -1.24. The number of rotatable bonds is 19. The second-order valence-electron chi connectivity index (χ2n) is 12.5. The number of hydrogen-bond donors (Lipinski definition) is 3. The summed E-state index contributed by atoms with van der Waals surface area (Å²) in [7, 11) is 1.52. The van der Waals surface area contributed by atoms with Gasteiger partial charge in [0.05, 0.1) is 29.5 Å². The van der Waals surface area contributed by atoms with Gasteiger partial charge in [0.25, 0.3) is 0 Å². The Hall–Kier alpha value is -3.60. The topological polar surface area (TPSA) is 154 Å². The van der Waals surface area contributed by atoms with Gasteiger partial charge < -0.3 is 30.4 Å². The molecule has 0 radical (unpaired) electrons. The summed E-state index contributed by atoms with van der Waals surface area (Å²) in [5.41, 5.74) is 6.70. The van der Waals surface area contributed by atoms with Crippen LogP contribution in [-0.4, -0.2) is 60.1 Å². The molecule has 0 spiro atoms. The summed E-state index contributed by atoms with van der Waals surface area (Å²) in [5.74, 6) is -3.66. The Labute approximate surface area is 293 Å². The molecule has 0 heterocycles. The lowest BCUT2D eigenvalue weighted by molar-refractivity contribution is -0.176. The van der Waals surface area contributed by atoms with E-state index in [1.54, 1.807) is 57.2 Å². The standard InChI is InChI=1S/C36H48Cl2N2O8/c1-21(2)17-30(48-35(44)23(4)20-40-34(43)22(3)18-25-15-16-29(46-6)27(37)19-25)36(45)47-28(13-10-14-31(39)41)24(5)32(38)33(42)26-11-8-7-9-12-26/h7-12,14-16,19,21-24,28,30,32-33,42H,13,17-18,20H2,1-6H3,(H2,39,41)(H,40,43)/b14-10+/t22-,23-,24+,28+,30+,32-,33+/m1/s1. The van der Waals surface area contributed by atoms with Crippen LogP contribution >= 0.6 is 23.2 Å². The number of ether oxygens (including phenoxy) is 3. The molecule has 4 N–H and O–H groups in total. The Bertz CT molecular complexity index is 1390. The Morgan fingerprint density at radius 3 is 2.21 bits per heavy atom. The zero-order chi connectivity index (χ0) is 36.0. The van der Waals surface area contributed by atoms with Gasteiger partial charge >= 0.3 is 11.9 Å². The van der Waals surface area contributed by atoms with Crippen molar-refractivity contribution in [3.63, 3.8) is 0 Å². The van der Waals surface area contributed by atoms with E-state index in [-0.39, 0.29) is 31.2 Å². The predicted molar refractivity (Wildman–Crippen MR) is 185 cm³/mol. The maximum Gasteiger partial charge on any atom is 0.347 e. The van der Waals surface area contributed by atoms with Crippen LogP contribution in [0.5, 0.6) is 5.75 Å². The van der Waals surface area contributed by atoms with Crippen molar-refractivity contribution >= 4 is 47.0 Å². The molecule has 0 saturated carbocycles. The first-order valence-corrected chi connectivity index (χ1v) is 16.8. The summed E-state index contributed by atoms with van der Waals surface area (Å²) in [6.45, 7) is 8.82. The van der Waals surface area contributed by atoms with Crippen molar-refractivity contribution in [2.24, 2.45) is 29.4 Å². The summed E-state index contributed by atoms with van der Waals surface area (Å²) >= 11 is 12.9. The van der Waals surface area contributed by atoms with Gasteiger partial charge in [-0.1, -0.05) is 88.7 Å². The number of esters is 2. The number of hydrogen-bond acceptors (Lipinski definition) is 8. The van der Waals surface area contributed by atoms with Gasteiger partial charge in [-0.2, -0.15) is 0 Å². The van der Waals surface area contributed by atoms with Gasteiger partial charge in [-0.05, 0) is 48.1 Å². The number of primary amides is 1. The Morgan fingerprint density at radius 2 is 1.62 bits per heavy atom. The van der Waals surface area contributed by atoms with Crippen molar-refractivity contribution in [1.29, 1.82) is 0 Å². The highest BCUT2D eigenvalue weighted by Gasteiger charge is 2.35. The van der Waals surface area contributed by atoms with Crippen molar-refractivity contribution in [1.82, 2.24) is 5.32 Å². The quantitative estimate of drug-likeness (QED) is 0.0975. The van der Waals surface area contributed by atoms with E-state index in [0.717, 1.165) is 11.6 Å². The molecule has 0 aromatic heterocycles. The molecule has 264 valence electrons. The van der Waals surface area contributed by atoms with Gasteiger partial charge in [-0.3, -0.25) is 14.4 Å². The van der Waals surface area contributed by atoms with Crippen molar-refractivity contribution in [3.8, 4) is 5.75 Å². The van der Waals surface area contributed by atoms with Crippen LogP contribution in [0.25, 0.3) is 0 Å². The molecule has 2 aromatic rings. The van der Waals surface area contributed by atoms with Gasteiger partial charge in [0.1, 0.15) is 11.9 Å². The van der Waals surface area contributed by atoms with Crippen molar-refractivity contribution in [2.75, 3.05) is 13.7 Å². The summed E-state index contributed by atoms with van der Waals surface area (Å²) < 4.78 is 16.7. The molecular formula is C36H48Cl2N2O8. The van der Waals surface area contributed by atoms with Gasteiger partial charge in [-0.25, -0.2) is 4.79 Å². The number of halogens is 2. The Kier molecular flexibility index (Phi) is 16.9. The summed E-state index contributed by atoms with van der Waals surface area (Å²) in [6, 6.07) is 14.2. The van der Waals surface area contributed by atoms with E-state index in [1.807, 2.05) is 26.0 Å². The van der Waals surface area contributed by atoms with Crippen molar-refractivity contribution in [3.05, 3.63) is 76.8 Å². The summed E-state index contributed by atoms with van der Waals surface area (Å²) in [5, 5.41) is 13.3. The molecule has 0 aliphatic carbocycles. The molecule has 2 amide bonds. The van der Waals surface area contributed by atoms with Crippen LogP contribution in [0.1, 0.15) is 64.7 Å². The molecule has 0 fully saturated rings. The fraction of sp³-hybridized carbons (Fsp3) is 0.500. The minimum Gasteiger partial charge on any atom is -0.495 e. The molecular weight excluding hydrogens is 659 g/mol. The third kappa shape index (κ3) is 13.1. The Balaban J connectivity index is 2.08. The smallest absolute Gasteiger partial charge is 0.347 e. The number of carbonyl (C=O) groups excluding carboxylic acids is 4. The first kappa shape index (κ1) is 40.6. The summed E-state index contributed by atoms with van der Waals surface area (Å²) in [4.78, 5) is 50.7. The fourth-order valence-electron chi connectivity index (χ4n) is 4.91. The second-order valence-corrected chi connectivity index (χ2v) is 13.4. The van der Waals surface area contributed by atoms with Crippen LogP contribution in [0.4, 0.5) is 0 Å². The third-order valence-electron chi connectivity index (χ3n) is 7.85. The average molecular weight is 708 g/mol. The van der Waals surface area contributed by atoms with Crippen LogP contribution in [0.3, 0.4) is 0 Å². The fourth-order valence-corrected chi connectivity index (χ4v) is 5.50. The molecule has 0 aliphatic rings. The zero-order valence-corrected chi connectivity index (χ0v) is 29.9. The van der Waals surface area contributed by atoms with Gasteiger partial charge in [0.15, 0.2) is 6.10 Å². The number of aliphatic hydroxyl groups excluding tert-OH is 1. The number of nitrogens with two attached hydrogens (primary N) is 1. The Morgan fingerprint density at radius 1 is 0.958 bits per heavy atom. The van der Waals surface area contributed by atoms with E-state index in [1.165, 1.54) is 13.2 Å². The lowest BCUT2D eigenvalue weighted by Crippen LogP contribution is -2.40. The van der Waals surface area contributed by atoms with Gasteiger partial charge in [-0.15, -0.1) is 11.6 Å². The first-order chi connectivity index (χ1) is 22.6. The predicted octanol–water partition coefficient (Wildman–Crippen LogP) is 5.56. The molecule has 0 aliphatic heterocycles. The number of nitrogens with one attached hydrogen (secondary N) is 1. The second kappa shape index (κ2) is 20.0. The molecule has 0 saturated heterocycles. The molecule has 10 nitrogen and oxygen atoms in total. The number of alkyl halides is 1. The van der Waals surface area contributed by atoms with Crippen LogP contribution in [0.15, 0.2) is 60.7 Å². The van der Waals surface area contributed by atoms with E-state index in [0.29, 0.717) is 22.8 Å². The number of methoxy groups -OCH3 is 1. The highest BCUT2D eigenvalue weighted by Crippen LogP contribution is 2.31. The highest BCUT2D eigenvalue weighted by molar-refractivity contribution is 6.32. The third-order valence-corrected chi connectivity index (χ3v) is 8.78. The molecule has 0 unspecified atom stereocenters. The molecule has 2 rings (SSSR count). The zero-order valence-electron chi connectivity index (χ0n) is 28.4. The van der Waals surface area contributed by atoms with Gasteiger partial charge in [0.2, 0.25) is 11.8 Å². The minimum absolute atomic E-state index is 0.00229. The molecule has 48 heavy (non-hydrogen) atoms. The SMILES string of the molecule is COc1ccc(C[C@@H](C)C(=O)NC[C@@H](C)C(=O)O[C@@H](CC(C)C)C(=O)O[C@@H](C/C=C/C(N)=O)[C@H](C)[C@@H](Cl)[C@@H](O)c2ccccc2)cc1Cl. The van der Waals surface area contributed by atoms with Crippen molar-refractivity contribution < 1.29 is 38.5 Å². The number of benzene rings is 2. The van der Waals surface area contributed by atoms with E-state index < -0.39 is 59.3 Å². The van der Waals surface area contributed by atoms with Crippen LogP contribution < -0.4 is 15.8 Å². The molecule has 7 atom stereocenters. The summed E-state index contributed by atoms with van der Waals surface area (Å²) in [6.07, 6.45) is 0.106. The van der Waals surface area contributed by atoms with E-state index in [4.69, 9.17) is 43.1 Å². The highest BCUT2D eigenvalue weighted by atomic mass is 35.5. The van der Waals surface area contributed by atoms with E-state index in [9.17, 15) is 24.3 Å². The van der Waals surface area contributed by atoms with Gasteiger partial charge in [0, 0.05) is 24.8 Å². The van der Waals surface area contributed by atoms with E-state index in [2.05, 4.69) is 5.32 Å². The number of amides is 2. The molecule has 12 heteroatoms. The molecule has 2 aromatic carbocycles. The largest absolute Gasteiger partial charge is 0.495 e. The maximum atomic E-state index is 13.5.